The van der Waals surface area contributed by atoms with E-state index in [1.165, 1.54) is 0 Å². The highest BCUT2D eigenvalue weighted by Gasteiger charge is 2.44. The van der Waals surface area contributed by atoms with Gasteiger partial charge in [-0.25, -0.2) is 9.79 Å². The van der Waals surface area contributed by atoms with Crippen molar-refractivity contribution in [2.24, 2.45) is 16.5 Å². The van der Waals surface area contributed by atoms with E-state index in [0.29, 0.717) is 0 Å². The number of aliphatic hydroxyl groups is 4. The second-order valence-electron chi connectivity index (χ2n) is 5.76. The van der Waals surface area contributed by atoms with Crippen LogP contribution in [0.3, 0.4) is 0 Å². The van der Waals surface area contributed by atoms with Crippen LogP contribution in [-0.4, -0.2) is 99.4 Å². The summed E-state index contributed by atoms with van der Waals surface area (Å²) in [6.07, 6.45) is -4.82. The molecule has 1 saturated heterocycles. The molecule has 8 unspecified atom stereocenters. The van der Waals surface area contributed by atoms with E-state index in [-0.39, 0.29) is 5.96 Å². The molecule has 12 nitrogen and oxygen atoms in total. The number of carboxylic acids is 1. The molecule has 2 heterocycles. The van der Waals surface area contributed by atoms with Crippen molar-refractivity contribution in [2.45, 2.75) is 48.7 Å². The van der Waals surface area contributed by atoms with E-state index in [1.807, 2.05) is 0 Å². The van der Waals surface area contributed by atoms with Crippen molar-refractivity contribution in [2.75, 3.05) is 13.2 Å². The molecule has 0 aliphatic carbocycles. The summed E-state index contributed by atoms with van der Waals surface area (Å²) in [6, 6.07) is -3.99. The summed E-state index contributed by atoms with van der Waals surface area (Å²) in [5.74, 6) is -1.22. The Balaban J connectivity index is 2.09. The summed E-state index contributed by atoms with van der Waals surface area (Å²) in [5, 5.41) is 52.5. The minimum absolute atomic E-state index is 0.0111. The van der Waals surface area contributed by atoms with Crippen molar-refractivity contribution in [3.63, 3.8) is 0 Å². The molecule has 0 spiro atoms. The molecule has 0 aromatic carbocycles. The monoisotopic (exact) mass is 349 g/mol. The maximum absolute atomic E-state index is 11.3. The van der Waals surface area contributed by atoms with Crippen LogP contribution in [0.15, 0.2) is 4.99 Å². The maximum Gasteiger partial charge on any atom is 0.330 e. The first-order valence-corrected chi connectivity index (χ1v) is 7.38. The maximum atomic E-state index is 11.3. The van der Waals surface area contributed by atoms with Gasteiger partial charge in [0.05, 0.1) is 31.3 Å². The van der Waals surface area contributed by atoms with Crippen LogP contribution in [0.5, 0.6) is 0 Å². The van der Waals surface area contributed by atoms with E-state index >= 15 is 0 Å². The lowest BCUT2D eigenvalue weighted by atomic mass is 9.97. The van der Waals surface area contributed by atoms with Gasteiger partial charge in [-0.2, -0.15) is 0 Å². The Morgan fingerprint density at radius 3 is 2.58 bits per heavy atom. The molecule has 1 fully saturated rings. The normalized spacial score (nSPS) is 40.6. The molecule has 0 saturated carbocycles. The number of aliphatic hydroxyl groups excluding tert-OH is 4. The highest BCUT2D eigenvalue weighted by atomic mass is 16.5. The van der Waals surface area contributed by atoms with E-state index in [4.69, 9.17) is 21.3 Å². The number of guanidine groups is 1. The highest BCUT2D eigenvalue weighted by molar-refractivity contribution is 5.89. The van der Waals surface area contributed by atoms with Crippen molar-refractivity contribution in [3.8, 4) is 0 Å². The van der Waals surface area contributed by atoms with Crippen molar-refractivity contribution in [1.82, 2.24) is 10.6 Å². The first kappa shape index (κ1) is 18.8. The van der Waals surface area contributed by atoms with Gasteiger partial charge in [-0.3, -0.25) is 0 Å². The fourth-order valence-electron chi connectivity index (χ4n) is 2.64. The molecule has 11 N–H and O–H groups in total. The number of hydrogen-bond donors (Lipinski definition) is 9. The molecule has 0 amide bonds. The van der Waals surface area contributed by atoms with Crippen LogP contribution in [0.4, 0.5) is 0 Å². The molecule has 24 heavy (non-hydrogen) atoms. The van der Waals surface area contributed by atoms with E-state index in [9.17, 15) is 25.2 Å². The molecule has 2 rings (SSSR count). The van der Waals surface area contributed by atoms with Gasteiger partial charge in [0.15, 0.2) is 12.0 Å². The van der Waals surface area contributed by atoms with Crippen molar-refractivity contribution in [1.29, 1.82) is 0 Å². The summed E-state index contributed by atoms with van der Waals surface area (Å²) in [7, 11) is 0. The first-order chi connectivity index (χ1) is 11.3. The van der Waals surface area contributed by atoms with Crippen LogP contribution in [0.1, 0.15) is 0 Å². The number of nitrogens with two attached hydrogens (primary N) is 2. The number of nitrogens with one attached hydrogen (secondary N) is 2. The molecule has 2 aliphatic heterocycles. The number of aliphatic imine (C=N–C) groups is 1. The van der Waals surface area contributed by atoms with Crippen LogP contribution >= 0.6 is 0 Å². The van der Waals surface area contributed by atoms with Gasteiger partial charge in [0.2, 0.25) is 0 Å². The zero-order valence-electron chi connectivity index (χ0n) is 12.7. The standard InChI is InChI=1S/C12H23N5O7/c13-3(1-18)6-7(11(22)23)16-12(15-6)17-10-5(14)9(21)8(20)4(2-19)24-10/h3-10,18-21H,1-2,13-14H2,(H,22,23)(H2,15,16,17). The van der Waals surface area contributed by atoms with Gasteiger partial charge in [0.1, 0.15) is 24.5 Å². The average Bonchev–Trinajstić information content (AvgIpc) is 2.98. The van der Waals surface area contributed by atoms with E-state index in [2.05, 4.69) is 15.6 Å². The second kappa shape index (κ2) is 7.57. The van der Waals surface area contributed by atoms with Crippen LogP contribution in [-0.2, 0) is 9.53 Å². The van der Waals surface area contributed by atoms with Crippen LogP contribution in [0.2, 0.25) is 0 Å². The Morgan fingerprint density at radius 2 is 2.04 bits per heavy atom. The lowest BCUT2D eigenvalue weighted by Crippen LogP contribution is -2.67. The second-order valence-corrected chi connectivity index (χ2v) is 5.76. The Labute approximate surface area is 137 Å². The number of hydrogen-bond acceptors (Lipinski definition) is 11. The Bertz CT molecular complexity index is 490. The Kier molecular flexibility index (Phi) is 5.92. The minimum Gasteiger partial charge on any atom is -0.480 e. The van der Waals surface area contributed by atoms with Gasteiger partial charge in [-0.15, -0.1) is 0 Å². The van der Waals surface area contributed by atoms with Gasteiger partial charge in [-0.05, 0) is 0 Å². The molecular weight excluding hydrogens is 326 g/mol. The summed E-state index contributed by atoms with van der Waals surface area (Å²) in [6.45, 7) is -0.986. The largest absolute Gasteiger partial charge is 0.480 e. The predicted molar refractivity (Wildman–Crippen MR) is 79.7 cm³/mol. The highest BCUT2D eigenvalue weighted by Crippen LogP contribution is 2.19. The molecule has 12 heteroatoms. The predicted octanol–water partition coefficient (Wildman–Crippen LogP) is -5.56. The molecule has 0 aromatic rings. The number of carbonyl (C=O) groups is 1. The zero-order chi connectivity index (χ0) is 18.0. The number of carboxylic acid groups (broad SMARTS) is 1. The van der Waals surface area contributed by atoms with E-state index in [1.54, 1.807) is 0 Å². The molecule has 0 radical (unpaired) electrons. The van der Waals surface area contributed by atoms with Crippen molar-refractivity contribution < 1.29 is 35.1 Å². The third-order valence-corrected chi connectivity index (χ3v) is 4.09. The molecule has 0 bridgehead atoms. The quantitative estimate of drug-likeness (QED) is 0.228. The molecule has 0 aromatic heterocycles. The van der Waals surface area contributed by atoms with Crippen molar-refractivity contribution >= 4 is 11.9 Å². The first-order valence-electron chi connectivity index (χ1n) is 7.38. The van der Waals surface area contributed by atoms with Crippen LogP contribution < -0.4 is 22.1 Å². The Hall–Kier alpha value is -1.54. The van der Waals surface area contributed by atoms with Gasteiger partial charge in [0, 0.05) is 0 Å². The average molecular weight is 349 g/mol. The van der Waals surface area contributed by atoms with Gasteiger partial charge >= 0.3 is 5.97 Å². The fraction of sp³-hybridized carbons (Fsp3) is 0.833. The van der Waals surface area contributed by atoms with Gasteiger partial charge in [0.25, 0.3) is 0 Å². The fourth-order valence-corrected chi connectivity index (χ4v) is 2.64. The summed E-state index contributed by atoms with van der Waals surface area (Å²) in [5.41, 5.74) is 11.5. The van der Waals surface area contributed by atoms with E-state index in [0.717, 1.165) is 0 Å². The lowest BCUT2D eigenvalue weighted by Gasteiger charge is -2.41. The molecule has 2 aliphatic rings. The topological polar surface area (TPSA) is 216 Å². The number of aliphatic carboxylic acids is 1. The summed E-state index contributed by atoms with van der Waals surface area (Å²) < 4.78 is 5.37. The smallest absolute Gasteiger partial charge is 0.330 e. The SMILES string of the molecule is NC(CO)C1NC(NC2OC(CO)C(O)C(O)C2N)=NC1C(=O)O. The summed E-state index contributed by atoms with van der Waals surface area (Å²) >= 11 is 0. The van der Waals surface area contributed by atoms with Crippen LogP contribution in [0, 0.1) is 0 Å². The van der Waals surface area contributed by atoms with Crippen molar-refractivity contribution in [3.05, 3.63) is 0 Å². The number of nitrogens with zero attached hydrogens (tertiary/aromatic N) is 1. The number of rotatable bonds is 5. The van der Waals surface area contributed by atoms with Gasteiger partial charge in [-0.1, -0.05) is 0 Å². The summed E-state index contributed by atoms with van der Waals surface area (Å²) in [4.78, 5) is 15.2. The lowest BCUT2D eigenvalue weighted by molar-refractivity contribution is -0.192. The molecule has 8 atom stereocenters. The number of ether oxygens (including phenoxy) is 1. The third kappa shape index (κ3) is 3.59. The van der Waals surface area contributed by atoms with E-state index < -0.39 is 67.9 Å². The van der Waals surface area contributed by atoms with Gasteiger partial charge < -0.3 is 52.4 Å². The molecule has 138 valence electrons. The Morgan fingerprint density at radius 1 is 1.38 bits per heavy atom. The third-order valence-electron chi connectivity index (χ3n) is 4.09. The minimum atomic E-state index is -1.36. The zero-order valence-corrected chi connectivity index (χ0v) is 12.7. The molecular formula is C12H23N5O7. The van der Waals surface area contributed by atoms with Crippen LogP contribution in [0.25, 0.3) is 0 Å².